The number of para-hydroxylation sites is 1. The third kappa shape index (κ3) is 4.67. The largest absolute Gasteiger partial charge is 0.497 e. The van der Waals surface area contributed by atoms with Gasteiger partial charge in [-0.15, -0.1) is 0 Å². The van der Waals surface area contributed by atoms with Gasteiger partial charge < -0.3 is 24.8 Å². The average Bonchev–Trinajstić information content (AvgIpc) is 3.23. The number of benzene rings is 2. The average molecular weight is 431 g/mol. The normalized spacial score (nSPS) is 11.8. The molecule has 2 aromatic carbocycles. The van der Waals surface area contributed by atoms with Gasteiger partial charge in [-0.05, 0) is 36.2 Å². The topological polar surface area (TPSA) is 96.2 Å². The number of pyridine rings is 1. The lowest BCUT2D eigenvalue weighted by atomic mass is 9.91. The summed E-state index contributed by atoms with van der Waals surface area (Å²) < 4.78 is 10.7. The van der Waals surface area contributed by atoms with Crippen molar-refractivity contribution >= 4 is 16.8 Å². The molecule has 0 fully saturated rings. The molecule has 0 aliphatic carbocycles. The SMILES string of the molecule is COc1ccc([C@@H](CNC(=O)COc2c[nH]c(C)cc2=O)c2c[nH]c3ccccc23)cc1. The Hall–Kier alpha value is -4.00. The lowest BCUT2D eigenvalue weighted by Crippen LogP contribution is -2.33. The van der Waals surface area contributed by atoms with E-state index in [2.05, 4.69) is 21.4 Å². The van der Waals surface area contributed by atoms with Crippen molar-refractivity contribution in [3.05, 3.63) is 94.0 Å². The van der Waals surface area contributed by atoms with Crippen molar-refractivity contribution in [1.29, 1.82) is 0 Å². The number of aryl methyl sites for hydroxylation is 1. The van der Waals surface area contributed by atoms with E-state index >= 15 is 0 Å². The first-order chi connectivity index (χ1) is 15.5. The molecule has 7 nitrogen and oxygen atoms in total. The minimum atomic E-state index is -0.302. The number of hydrogen-bond donors (Lipinski definition) is 3. The Morgan fingerprint density at radius 3 is 2.59 bits per heavy atom. The van der Waals surface area contributed by atoms with E-state index in [-0.39, 0.29) is 29.6 Å². The van der Waals surface area contributed by atoms with E-state index in [9.17, 15) is 9.59 Å². The van der Waals surface area contributed by atoms with Gasteiger partial charge in [0.1, 0.15) is 5.75 Å². The van der Waals surface area contributed by atoms with Gasteiger partial charge in [-0.25, -0.2) is 0 Å². The molecule has 1 amide bonds. The second-order valence-electron chi connectivity index (χ2n) is 7.55. The summed E-state index contributed by atoms with van der Waals surface area (Å²) in [5.41, 5.74) is 3.64. The van der Waals surface area contributed by atoms with Crippen molar-refractivity contribution in [1.82, 2.24) is 15.3 Å². The number of hydrogen-bond acceptors (Lipinski definition) is 4. The van der Waals surface area contributed by atoms with Crippen molar-refractivity contribution < 1.29 is 14.3 Å². The van der Waals surface area contributed by atoms with Crippen molar-refractivity contribution in [2.45, 2.75) is 12.8 Å². The van der Waals surface area contributed by atoms with Gasteiger partial charge in [-0.3, -0.25) is 9.59 Å². The highest BCUT2D eigenvalue weighted by atomic mass is 16.5. The van der Waals surface area contributed by atoms with Gasteiger partial charge in [-0.2, -0.15) is 0 Å². The molecule has 1 atom stereocenters. The Bertz CT molecular complexity index is 1270. The molecule has 2 aromatic heterocycles. The molecule has 0 aliphatic heterocycles. The maximum absolute atomic E-state index is 12.5. The number of H-pyrrole nitrogens is 2. The monoisotopic (exact) mass is 431 g/mol. The molecule has 0 radical (unpaired) electrons. The Morgan fingerprint density at radius 1 is 1.06 bits per heavy atom. The van der Waals surface area contributed by atoms with Crippen molar-refractivity contribution in [3.63, 3.8) is 0 Å². The highest BCUT2D eigenvalue weighted by Gasteiger charge is 2.19. The van der Waals surface area contributed by atoms with Crippen LogP contribution in [-0.2, 0) is 4.79 Å². The molecular weight excluding hydrogens is 406 g/mol. The van der Waals surface area contributed by atoms with Gasteiger partial charge in [0.05, 0.1) is 7.11 Å². The molecule has 32 heavy (non-hydrogen) atoms. The molecule has 0 aliphatic rings. The summed E-state index contributed by atoms with van der Waals surface area (Å²) in [6, 6.07) is 17.3. The Balaban J connectivity index is 1.51. The van der Waals surface area contributed by atoms with Gasteiger partial charge >= 0.3 is 0 Å². The second kappa shape index (κ2) is 9.43. The standard InChI is InChI=1S/C25H25N3O4/c1-16-11-23(29)24(14-26-16)32-15-25(30)28-12-20(17-7-9-18(31-2)10-8-17)21-13-27-22-6-4-3-5-19(21)22/h3-11,13-14,20,27H,12,15H2,1-2H3,(H,26,29)(H,28,30)/t20-/m1/s1. The van der Waals surface area contributed by atoms with Crippen LogP contribution in [0.1, 0.15) is 22.7 Å². The number of methoxy groups -OCH3 is 1. The van der Waals surface area contributed by atoms with Crippen LogP contribution in [0, 0.1) is 6.92 Å². The summed E-state index contributed by atoms with van der Waals surface area (Å²) in [5.74, 6) is 0.508. The third-order valence-electron chi connectivity index (χ3n) is 5.40. The summed E-state index contributed by atoms with van der Waals surface area (Å²) in [7, 11) is 1.63. The first-order valence-electron chi connectivity index (χ1n) is 10.3. The fraction of sp³-hybridized carbons (Fsp3) is 0.200. The lowest BCUT2D eigenvalue weighted by Gasteiger charge is -2.19. The van der Waals surface area contributed by atoms with Crippen LogP contribution in [0.2, 0.25) is 0 Å². The van der Waals surface area contributed by atoms with Crippen molar-refractivity contribution in [3.8, 4) is 11.5 Å². The zero-order valence-electron chi connectivity index (χ0n) is 18.0. The number of amides is 1. The summed E-state index contributed by atoms with van der Waals surface area (Å²) in [6.45, 7) is 1.91. The molecule has 4 aromatic rings. The third-order valence-corrected chi connectivity index (χ3v) is 5.40. The Morgan fingerprint density at radius 2 is 1.84 bits per heavy atom. The van der Waals surface area contributed by atoms with Gasteiger partial charge in [0, 0.05) is 47.5 Å². The number of fused-ring (bicyclic) bond motifs is 1. The fourth-order valence-corrected chi connectivity index (χ4v) is 3.71. The van der Waals surface area contributed by atoms with Crippen LogP contribution in [0.3, 0.4) is 0 Å². The van der Waals surface area contributed by atoms with Gasteiger partial charge in [0.15, 0.2) is 12.4 Å². The van der Waals surface area contributed by atoms with Crippen LogP contribution in [0.15, 0.2) is 71.8 Å². The summed E-state index contributed by atoms with van der Waals surface area (Å²) >= 11 is 0. The molecular formula is C25H25N3O4. The number of ether oxygens (including phenoxy) is 2. The van der Waals surface area contributed by atoms with E-state index in [0.717, 1.165) is 33.5 Å². The van der Waals surface area contributed by atoms with E-state index in [1.54, 1.807) is 14.0 Å². The van der Waals surface area contributed by atoms with Crippen LogP contribution in [0.5, 0.6) is 11.5 Å². The molecule has 7 heteroatoms. The van der Waals surface area contributed by atoms with E-state index in [1.807, 2.05) is 48.7 Å². The van der Waals surface area contributed by atoms with E-state index < -0.39 is 0 Å². The minimum absolute atomic E-state index is 0.0798. The quantitative estimate of drug-likeness (QED) is 0.398. The van der Waals surface area contributed by atoms with Crippen LogP contribution < -0.4 is 20.2 Å². The van der Waals surface area contributed by atoms with Gasteiger partial charge in [-0.1, -0.05) is 30.3 Å². The summed E-state index contributed by atoms with van der Waals surface area (Å²) in [5, 5.41) is 4.04. The van der Waals surface area contributed by atoms with Gasteiger partial charge in [0.25, 0.3) is 5.91 Å². The molecule has 164 valence electrons. The molecule has 4 rings (SSSR count). The lowest BCUT2D eigenvalue weighted by molar-refractivity contribution is -0.123. The van der Waals surface area contributed by atoms with E-state index in [4.69, 9.17) is 9.47 Å². The van der Waals surface area contributed by atoms with Crippen molar-refractivity contribution in [2.24, 2.45) is 0 Å². The Labute approximate surface area is 185 Å². The number of aromatic amines is 2. The summed E-state index contributed by atoms with van der Waals surface area (Å²) in [6.07, 6.45) is 3.45. The van der Waals surface area contributed by atoms with Gasteiger partial charge in [0.2, 0.25) is 5.43 Å². The number of carbonyl (C=O) groups excluding carboxylic acids is 1. The van der Waals surface area contributed by atoms with Crippen LogP contribution in [0.25, 0.3) is 10.9 Å². The van der Waals surface area contributed by atoms with Crippen molar-refractivity contribution in [2.75, 3.05) is 20.3 Å². The molecule has 0 bridgehead atoms. The maximum atomic E-state index is 12.5. The predicted octanol–water partition coefficient (Wildman–Crippen LogP) is 3.50. The highest BCUT2D eigenvalue weighted by Crippen LogP contribution is 2.31. The first kappa shape index (κ1) is 21.2. The smallest absolute Gasteiger partial charge is 0.257 e. The zero-order valence-corrected chi connectivity index (χ0v) is 18.0. The zero-order chi connectivity index (χ0) is 22.5. The maximum Gasteiger partial charge on any atom is 0.257 e. The molecule has 3 N–H and O–H groups in total. The van der Waals surface area contributed by atoms with Crippen LogP contribution in [-0.4, -0.2) is 36.1 Å². The minimum Gasteiger partial charge on any atom is -0.497 e. The number of aromatic nitrogens is 2. The molecule has 0 unspecified atom stereocenters. The van der Waals surface area contributed by atoms with E-state index in [1.165, 1.54) is 12.3 Å². The predicted molar refractivity (Wildman–Crippen MR) is 123 cm³/mol. The number of nitrogens with one attached hydrogen (secondary N) is 3. The van der Waals surface area contributed by atoms with E-state index in [0.29, 0.717) is 6.54 Å². The molecule has 0 spiro atoms. The molecule has 0 saturated heterocycles. The number of carbonyl (C=O) groups is 1. The fourth-order valence-electron chi connectivity index (χ4n) is 3.71. The molecule has 0 saturated carbocycles. The highest BCUT2D eigenvalue weighted by molar-refractivity contribution is 5.84. The second-order valence-corrected chi connectivity index (χ2v) is 7.55. The van der Waals surface area contributed by atoms with Crippen LogP contribution >= 0.6 is 0 Å². The summed E-state index contributed by atoms with van der Waals surface area (Å²) in [4.78, 5) is 30.6. The molecule has 2 heterocycles. The van der Waals surface area contributed by atoms with Crippen LogP contribution in [0.4, 0.5) is 0 Å². The first-order valence-corrected chi connectivity index (χ1v) is 10.3. The Kier molecular flexibility index (Phi) is 6.26. The number of rotatable bonds is 8.